The van der Waals surface area contributed by atoms with Crippen LogP contribution in [0.15, 0.2) is 51.7 Å². The summed E-state index contributed by atoms with van der Waals surface area (Å²) in [5, 5.41) is 24.6. The number of benzene rings is 2. The van der Waals surface area contributed by atoms with Gasteiger partial charge in [-0.15, -0.1) is 0 Å². The normalized spacial score (nSPS) is 14.2. The molecule has 4 N–H and O–H groups in total. The van der Waals surface area contributed by atoms with Gasteiger partial charge in [0.15, 0.2) is 5.13 Å². The van der Waals surface area contributed by atoms with Gasteiger partial charge in [0.05, 0.1) is 49.0 Å². The first-order valence-corrected chi connectivity index (χ1v) is 14.1. The molecule has 0 spiro atoms. The molecule has 3 aromatic rings. The van der Waals surface area contributed by atoms with Crippen molar-refractivity contribution in [3.05, 3.63) is 64.8 Å². The number of carbonyl (C=O) groups excluding carboxylic acids is 2. The van der Waals surface area contributed by atoms with E-state index in [4.69, 9.17) is 14.6 Å². The minimum atomic E-state index is -0.801. The maximum Gasteiger partial charge on any atom is 0.257 e. The Balaban J connectivity index is 1.39. The number of methoxy groups -OCH3 is 1. The van der Waals surface area contributed by atoms with Gasteiger partial charge in [0.2, 0.25) is 0 Å². The molecule has 2 amide bonds. The Kier molecular flexibility index (Phi) is 10.3. The Morgan fingerprint density at radius 1 is 1.23 bits per heavy atom. The molecular formula is C27H32N4O6S2. The molecule has 1 aliphatic heterocycles. The highest BCUT2D eigenvalue weighted by Gasteiger charge is 2.23. The molecule has 39 heavy (non-hydrogen) atoms. The van der Waals surface area contributed by atoms with Crippen LogP contribution in [0.25, 0.3) is 0 Å². The van der Waals surface area contributed by atoms with Crippen LogP contribution in [0, 0.1) is 6.92 Å². The number of morpholine rings is 1. The minimum Gasteiger partial charge on any atom is -0.496 e. The van der Waals surface area contributed by atoms with Crippen molar-refractivity contribution < 1.29 is 29.3 Å². The quantitative estimate of drug-likeness (QED) is 0.274. The number of hydrogen-bond donors (Lipinski definition) is 4. The van der Waals surface area contributed by atoms with E-state index in [0.717, 1.165) is 20.2 Å². The van der Waals surface area contributed by atoms with Gasteiger partial charge >= 0.3 is 0 Å². The van der Waals surface area contributed by atoms with Crippen molar-refractivity contribution in [2.45, 2.75) is 28.7 Å². The molecule has 1 fully saturated rings. The van der Waals surface area contributed by atoms with Crippen molar-refractivity contribution in [1.82, 2.24) is 15.2 Å². The number of aryl methyl sites for hydroxylation is 1. The van der Waals surface area contributed by atoms with E-state index in [1.807, 2.05) is 31.2 Å². The summed E-state index contributed by atoms with van der Waals surface area (Å²) in [6, 6.07) is 10.8. The second-order valence-corrected chi connectivity index (χ2v) is 11.3. The summed E-state index contributed by atoms with van der Waals surface area (Å²) in [5.41, 5.74) is 2.92. The maximum atomic E-state index is 13.2. The summed E-state index contributed by atoms with van der Waals surface area (Å²) in [6.07, 6.45) is 0.901. The van der Waals surface area contributed by atoms with E-state index in [0.29, 0.717) is 54.9 Å². The smallest absolute Gasteiger partial charge is 0.257 e. The van der Waals surface area contributed by atoms with Crippen molar-refractivity contribution in [2.75, 3.05) is 51.9 Å². The van der Waals surface area contributed by atoms with E-state index in [1.54, 1.807) is 30.3 Å². The number of nitrogens with one attached hydrogen (secondary N) is 2. The number of carbonyl (C=O) groups is 2. The van der Waals surface area contributed by atoms with Gasteiger partial charge in [0, 0.05) is 36.6 Å². The molecule has 2 aromatic carbocycles. The highest BCUT2D eigenvalue weighted by atomic mass is 32.2. The summed E-state index contributed by atoms with van der Waals surface area (Å²) < 4.78 is 11.7. The second kappa shape index (κ2) is 13.9. The molecule has 0 saturated carbocycles. The van der Waals surface area contributed by atoms with Crippen molar-refractivity contribution in [2.24, 2.45) is 0 Å². The Bertz CT molecular complexity index is 1280. The van der Waals surface area contributed by atoms with Gasteiger partial charge in [-0.1, -0.05) is 35.2 Å². The third-order valence-electron chi connectivity index (χ3n) is 6.08. The van der Waals surface area contributed by atoms with Crippen molar-refractivity contribution in [3.8, 4) is 5.75 Å². The molecular weight excluding hydrogens is 540 g/mol. The fourth-order valence-electron chi connectivity index (χ4n) is 3.91. The number of aromatic nitrogens is 1. The van der Waals surface area contributed by atoms with Gasteiger partial charge in [0.25, 0.3) is 11.8 Å². The van der Waals surface area contributed by atoms with Gasteiger partial charge in [0.1, 0.15) is 5.75 Å². The number of amides is 2. The zero-order chi connectivity index (χ0) is 27.8. The van der Waals surface area contributed by atoms with Gasteiger partial charge in [-0.05, 0) is 42.3 Å². The highest BCUT2D eigenvalue weighted by Crippen LogP contribution is 2.38. The molecule has 1 aliphatic rings. The lowest BCUT2D eigenvalue weighted by molar-refractivity contribution is 0.0300. The molecule has 208 valence electrons. The van der Waals surface area contributed by atoms with Crippen LogP contribution in [0.3, 0.4) is 0 Å². The van der Waals surface area contributed by atoms with Crippen LogP contribution in [0.2, 0.25) is 0 Å². The molecule has 0 bridgehead atoms. The largest absolute Gasteiger partial charge is 0.496 e. The first kappa shape index (κ1) is 29.0. The van der Waals surface area contributed by atoms with E-state index in [2.05, 4.69) is 15.6 Å². The number of anilines is 1. The molecule has 10 nitrogen and oxygen atoms in total. The SMILES string of the molecule is COc1cc(C)c(Sc2cnc(NC(=O)c3ccc(CNC[C@H](O)CO)cc3)s2)cc1C(=O)N1CCOCC1. The van der Waals surface area contributed by atoms with Crippen LogP contribution in [0.1, 0.15) is 31.8 Å². The third kappa shape index (κ3) is 7.78. The zero-order valence-corrected chi connectivity index (χ0v) is 23.4. The topological polar surface area (TPSA) is 133 Å². The summed E-state index contributed by atoms with van der Waals surface area (Å²) in [4.78, 5) is 32.9. The van der Waals surface area contributed by atoms with E-state index in [9.17, 15) is 14.7 Å². The standard InChI is InChI=1S/C27H32N4O6S2/c1-17-11-22(36-2)21(26(35)31-7-9-37-10-8-31)12-23(17)38-24-15-29-27(39-24)30-25(34)19-5-3-18(4-6-19)13-28-14-20(33)16-32/h3-6,11-12,15,20,28,32-33H,7-10,13-14,16H2,1-2H3,(H,29,30,34)/t20-/m0/s1. The summed E-state index contributed by atoms with van der Waals surface area (Å²) in [6.45, 7) is 4.60. The van der Waals surface area contributed by atoms with Crippen LogP contribution in [-0.4, -0.2) is 84.6 Å². The lowest BCUT2D eigenvalue weighted by Gasteiger charge is -2.27. The van der Waals surface area contributed by atoms with Crippen molar-refractivity contribution in [1.29, 1.82) is 0 Å². The fraction of sp³-hybridized carbons (Fsp3) is 0.370. The zero-order valence-electron chi connectivity index (χ0n) is 21.8. The lowest BCUT2D eigenvalue weighted by atomic mass is 10.1. The molecule has 12 heteroatoms. The Hall–Kier alpha value is -3.00. The average molecular weight is 573 g/mol. The van der Waals surface area contributed by atoms with E-state index < -0.39 is 6.10 Å². The first-order valence-electron chi connectivity index (χ1n) is 12.5. The predicted molar refractivity (Wildman–Crippen MR) is 150 cm³/mol. The minimum absolute atomic E-state index is 0.0844. The number of aliphatic hydroxyl groups excluding tert-OH is 2. The van der Waals surface area contributed by atoms with Crippen LogP contribution in [0.4, 0.5) is 5.13 Å². The monoisotopic (exact) mass is 572 g/mol. The summed E-state index contributed by atoms with van der Waals surface area (Å²) in [7, 11) is 1.56. The number of hydrogen-bond acceptors (Lipinski definition) is 10. The Morgan fingerprint density at radius 2 is 1.97 bits per heavy atom. The van der Waals surface area contributed by atoms with E-state index in [1.165, 1.54) is 23.1 Å². The van der Waals surface area contributed by atoms with Gasteiger partial charge in [-0.25, -0.2) is 4.98 Å². The number of thiazole rings is 1. The maximum absolute atomic E-state index is 13.2. The third-order valence-corrected chi connectivity index (χ3v) is 8.25. The number of nitrogens with zero attached hydrogens (tertiary/aromatic N) is 2. The molecule has 4 rings (SSSR count). The second-order valence-electron chi connectivity index (χ2n) is 8.93. The number of ether oxygens (including phenoxy) is 2. The van der Waals surface area contributed by atoms with Crippen molar-refractivity contribution >= 4 is 40.0 Å². The van der Waals surface area contributed by atoms with Crippen LogP contribution < -0.4 is 15.4 Å². The lowest BCUT2D eigenvalue weighted by Crippen LogP contribution is -2.40. The summed E-state index contributed by atoms with van der Waals surface area (Å²) >= 11 is 2.84. The molecule has 1 aromatic heterocycles. The van der Waals surface area contributed by atoms with Crippen LogP contribution in [0.5, 0.6) is 5.75 Å². The average Bonchev–Trinajstić information content (AvgIpc) is 3.40. The van der Waals surface area contributed by atoms with Crippen LogP contribution in [-0.2, 0) is 11.3 Å². The molecule has 2 heterocycles. The predicted octanol–water partition coefficient (Wildman–Crippen LogP) is 2.78. The molecule has 0 aliphatic carbocycles. The van der Waals surface area contributed by atoms with Crippen molar-refractivity contribution in [3.63, 3.8) is 0 Å². The van der Waals surface area contributed by atoms with Crippen LogP contribution >= 0.6 is 23.1 Å². The van der Waals surface area contributed by atoms with Gasteiger partial charge < -0.3 is 29.9 Å². The molecule has 1 atom stereocenters. The molecule has 1 saturated heterocycles. The Morgan fingerprint density at radius 3 is 2.67 bits per heavy atom. The van der Waals surface area contributed by atoms with E-state index >= 15 is 0 Å². The molecule has 0 radical (unpaired) electrons. The first-order chi connectivity index (χ1) is 18.9. The van der Waals surface area contributed by atoms with Gasteiger partial charge in [-0.3, -0.25) is 14.9 Å². The fourth-order valence-corrected chi connectivity index (χ4v) is 5.84. The number of aliphatic hydroxyl groups is 2. The highest BCUT2D eigenvalue weighted by molar-refractivity contribution is 8.01. The van der Waals surface area contributed by atoms with E-state index in [-0.39, 0.29) is 25.0 Å². The number of rotatable bonds is 11. The Labute approximate surface area is 235 Å². The molecule has 0 unspecified atom stereocenters. The van der Waals surface area contributed by atoms with Gasteiger partial charge in [-0.2, -0.15) is 0 Å². The summed E-state index contributed by atoms with van der Waals surface area (Å²) in [5.74, 6) is 0.184.